The summed E-state index contributed by atoms with van der Waals surface area (Å²) in [6, 6.07) is 3.55. The highest BCUT2D eigenvalue weighted by Gasteiger charge is 2.56. The third kappa shape index (κ3) is 4.24. The van der Waals surface area contributed by atoms with Crippen molar-refractivity contribution in [2.45, 2.75) is 44.0 Å². The SMILES string of the molecule is CCN(CC)S(=O)(=O)c1ccc(OC)c(NC(=O)CN2C(=O)NC(C)(C3CC3)C2=O)c1. The summed E-state index contributed by atoms with van der Waals surface area (Å²) in [4.78, 5) is 38.5. The number of benzene rings is 1. The molecule has 3 rings (SSSR count). The first-order chi connectivity index (χ1) is 14.6. The minimum Gasteiger partial charge on any atom is -0.495 e. The lowest BCUT2D eigenvalue weighted by Crippen LogP contribution is -2.46. The maximum absolute atomic E-state index is 12.8. The normalized spacial score (nSPS) is 21.4. The Morgan fingerprint density at radius 1 is 1.29 bits per heavy atom. The number of methoxy groups -OCH3 is 1. The summed E-state index contributed by atoms with van der Waals surface area (Å²) in [5, 5.41) is 5.25. The molecule has 1 saturated heterocycles. The summed E-state index contributed by atoms with van der Waals surface area (Å²) in [6.07, 6.45) is 1.71. The van der Waals surface area contributed by atoms with E-state index in [-0.39, 0.29) is 22.3 Å². The number of rotatable bonds is 9. The van der Waals surface area contributed by atoms with Gasteiger partial charge in [-0.25, -0.2) is 13.2 Å². The number of hydrogen-bond acceptors (Lipinski definition) is 6. The van der Waals surface area contributed by atoms with Crippen LogP contribution in [0.3, 0.4) is 0 Å². The molecule has 1 aliphatic carbocycles. The summed E-state index contributed by atoms with van der Waals surface area (Å²) < 4.78 is 32.1. The van der Waals surface area contributed by atoms with Crippen molar-refractivity contribution in [3.05, 3.63) is 18.2 Å². The number of anilines is 1. The number of amides is 4. The van der Waals surface area contributed by atoms with Gasteiger partial charge < -0.3 is 15.4 Å². The van der Waals surface area contributed by atoms with Gasteiger partial charge in [0.05, 0.1) is 17.7 Å². The molecule has 1 unspecified atom stereocenters. The molecule has 0 bridgehead atoms. The van der Waals surface area contributed by atoms with Crippen molar-refractivity contribution in [1.29, 1.82) is 0 Å². The minimum atomic E-state index is -3.74. The first-order valence-electron chi connectivity index (χ1n) is 10.2. The first-order valence-corrected chi connectivity index (χ1v) is 11.6. The predicted octanol–water partition coefficient (Wildman–Crippen LogP) is 1.38. The molecule has 2 N–H and O–H groups in total. The Morgan fingerprint density at radius 2 is 1.94 bits per heavy atom. The fourth-order valence-electron chi connectivity index (χ4n) is 3.79. The smallest absolute Gasteiger partial charge is 0.325 e. The van der Waals surface area contributed by atoms with Gasteiger partial charge in [-0.15, -0.1) is 0 Å². The van der Waals surface area contributed by atoms with Gasteiger partial charge >= 0.3 is 6.03 Å². The third-order valence-corrected chi connectivity index (χ3v) is 7.83. The van der Waals surface area contributed by atoms with Crippen molar-refractivity contribution in [3.63, 3.8) is 0 Å². The van der Waals surface area contributed by atoms with Crippen LogP contribution in [0, 0.1) is 5.92 Å². The standard InChI is InChI=1S/C20H28N4O6S/c1-5-23(6-2)31(28,29)14-9-10-16(30-4)15(11-14)21-17(25)12-24-18(26)20(3,13-7-8-13)22-19(24)27/h9-11,13H,5-8,12H2,1-4H3,(H,21,25)(H,22,27). The first kappa shape index (κ1) is 23.0. The second kappa shape index (κ2) is 8.46. The number of ether oxygens (including phenoxy) is 1. The molecule has 1 heterocycles. The zero-order valence-corrected chi connectivity index (χ0v) is 18.9. The minimum absolute atomic E-state index is 0.00333. The highest BCUT2D eigenvalue weighted by Crippen LogP contribution is 2.42. The number of carbonyl (C=O) groups excluding carboxylic acids is 3. The van der Waals surface area contributed by atoms with Crippen LogP contribution in [0.5, 0.6) is 5.75 Å². The van der Waals surface area contributed by atoms with Crippen LogP contribution in [-0.4, -0.2) is 67.8 Å². The van der Waals surface area contributed by atoms with Gasteiger partial charge in [0.25, 0.3) is 5.91 Å². The predicted molar refractivity (Wildman–Crippen MR) is 113 cm³/mol. The average molecular weight is 453 g/mol. The maximum Gasteiger partial charge on any atom is 0.325 e. The zero-order chi connectivity index (χ0) is 23.0. The molecule has 0 spiro atoms. The van der Waals surface area contributed by atoms with Crippen molar-refractivity contribution >= 4 is 33.6 Å². The van der Waals surface area contributed by atoms with Crippen LogP contribution in [0.4, 0.5) is 10.5 Å². The highest BCUT2D eigenvalue weighted by molar-refractivity contribution is 7.89. The van der Waals surface area contributed by atoms with Gasteiger partial charge in [-0.3, -0.25) is 14.5 Å². The van der Waals surface area contributed by atoms with E-state index in [9.17, 15) is 22.8 Å². The van der Waals surface area contributed by atoms with E-state index in [1.165, 1.54) is 29.6 Å². The van der Waals surface area contributed by atoms with Gasteiger partial charge in [0.1, 0.15) is 17.8 Å². The van der Waals surface area contributed by atoms with Crippen molar-refractivity contribution in [2.75, 3.05) is 32.1 Å². The maximum atomic E-state index is 12.8. The fraction of sp³-hybridized carbons (Fsp3) is 0.550. The largest absolute Gasteiger partial charge is 0.495 e. The molecule has 1 saturated carbocycles. The lowest BCUT2D eigenvalue weighted by atomic mass is 9.96. The van der Waals surface area contributed by atoms with Crippen LogP contribution in [0.25, 0.3) is 0 Å². The van der Waals surface area contributed by atoms with Crippen LogP contribution in [0.1, 0.15) is 33.6 Å². The van der Waals surface area contributed by atoms with Gasteiger partial charge in [-0.05, 0) is 43.9 Å². The summed E-state index contributed by atoms with van der Waals surface area (Å²) in [6.45, 7) is 5.27. The number of imide groups is 1. The molecule has 2 fully saturated rings. The number of carbonyl (C=O) groups is 3. The van der Waals surface area contributed by atoms with E-state index in [1.54, 1.807) is 20.8 Å². The lowest BCUT2D eigenvalue weighted by molar-refractivity contribution is -0.134. The van der Waals surface area contributed by atoms with Crippen LogP contribution >= 0.6 is 0 Å². The molecule has 0 aromatic heterocycles. The summed E-state index contributed by atoms with van der Waals surface area (Å²) >= 11 is 0. The molecule has 170 valence electrons. The van der Waals surface area contributed by atoms with Gasteiger partial charge in [-0.1, -0.05) is 13.8 Å². The molecule has 0 radical (unpaired) electrons. The number of sulfonamides is 1. The van der Waals surface area contributed by atoms with Gasteiger partial charge in [-0.2, -0.15) is 4.31 Å². The molecule has 31 heavy (non-hydrogen) atoms. The van der Waals surface area contributed by atoms with E-state index in [1.807, 2.05) is 0 Å². The molecular weight excluding hydrogens is 424 g/mol. The Bertz CT molecular complexity index is 1000. The van der Waals surface area contributed by atoms with Crippen molar-refractivity contribution in [2.24, 2.45) is 5.92 Å². The fourth-order valence-corrected chi connectivity index (χ4v) is 5.27. The molecule has 11 heteroatoms. The molecule has 2 aliphatic rings. The number of urea groups is 1. The van der Waals surface area contributed by atoms with Crippen molar-refractivity contribution < 1.29 is 27.5 Å². The lowest BCUT2D eigenvalue weighted by Gasteiger charge is -2.21. The molecule has 10 nitrogen and oxygen atoms in total. The van der Waals surface area contributed by atoms with Gasteiger partial charge in [0, 0.05) is 13.1 Å². The van der Waals surface area contributed by atoms with E-state index in [2.05, 4.69) is 10.6 Å². The van der Waals surface area contributed by atoms with Crippen LogP contribution in [0.15, 0.2) is 23.1 Å². The monoisotopic (exact) mass is 452 g/mol. The van der Waals surface area contributed by atoms with E-state index < -0.39 is 40.0 Å². The number of hydrogen-bond donors (Lipinski definition) is 2. The topological polar surface area (TPSA) is 125 Å². The molecule has 1 atom stereocenters. The second-order valence-electron chi connectivity index (χ2n) is 7.80. The quantitative estimate of drug-likeness (QED) is 0.546. The zero-order valence-electron chi connectivity index (χ0n) is 18.1. The van der Waals surface area contributed by atoms with E-state index in [0.29, 0.717) is 13.1 Å². The molecule has 4 amide bonds. The molecule has 1 aromatic rings. The summed E-state index contributed by atoms with van der Waals surface area (Å²) in [5.41, 5.74) is -0.843. The van der Waals surface area contributed by atoms with Crippen molar-refractivity contribution in [1.82, 2.24) is 14.5 Å². The average Bonchev–Trinajstić information content (AvgIpc) is 3.55. The van der Waals surface area contributed by atoms with Crippen LogP contribution < -0.4 is 15.4 Å². The highest BCUT2D eigenvalue weighted by atomic mass is 32.2. The van der Waals surface area contributed by atoms with Crippen LogP contribution in [-0.2, 0) is 19.6 Å². The Kier molecular flexibility index (Phi) is 6.28. The Balaban J connectivity index is 1.79. The number of nitrogens with zero attached hydrogens (tertiary/aromatic N) is 2. The van der Waals surface area contributed by atoms with Crippen LogP contribution in [0.2, 0.25) is 0 Å². The van der Waals surface area contributed by atoms with E-state index in [4.69, 9.17) is 4.74 Å². The molecule has 1 aliphatic heterocycles. The molecule has 1 aromatic carbocycles. The Morgan fingerprint density at radius 3 is 2.48 bits per heavy atom. The van der Waals surface area contributed by atoms with E-state index in [0.717, 1.165) is 17.7 Å². The van der Waals surface area contributed by atoms with Crippen molar-refractivity contribution in [3.8, 4) is 5.75 Å². The summed E-state index contributed by atoms with van der Waals surface area (Å²) in [5.74, 6) is -0.731. The van der Waals surface area contributed by atoms with E-state index >= 15 is 0 Å². The summed E-state index contributed by atoms with van der Waals surface area (Å²) in [7, 11) is -2.35. The third-order valence-electron chi connectivity index (χ3n) is 5.78. The molecular formula is C20H28N4O6S. The Hall–Kier alpha value is -2.66. The van der Waals surface area contributed by atoms with Gasteiger partial charge in [0.2, 0.25) is 15.9 Å². The number of nitrogens with one attached hydrogen (secondary N) is 2. The second-order valence-corrected chi connectivity index (χ2v) is 9.74. The van der Waals surface area contributed by atoms with Gasteiger partial charge in [0.15, 0.2) is 0 Å². The Labute approximate surface area is 182 Å².